The highest BCUT2D eigenvalue weighted by Gasteiger charge is 2.14. The number of amides is 2. The second-order valence-corrected chi connectivity index (χ2v) is 7.49. The van der Waals surface area contributed by atoms with Gasteiger partial charge in [0.15, 0.2) is 11.5 Å². The lowest BCUT2D eigenvalue weighted by molar-refractivity contribution is -0.111. The fourth-order valence-corrected chi connectivity index (χ4v) is 3.23. The van der Waals surface area contributed by atoms with E-state index in [1.54, 1.807) is 47.4 Å². The molecule has 0 radical (unpaired) electrons. The Bertz CT molecular complexity index is 953. The number of methoxy groups -OCH3 is 1. The van der Waals surface area contributed by atoms with Gasteiger partial charge in [-0.3, -0.25) is 9.59 Å². The number of nitrogens with zero attached hydrogens (tertiary/aromatic N) is 1. The summed E-state index contributed by atoms with van der Waals surface area (Å²) in [5.74, 6) is 0.562. The maximum absolute atomic E-state index is 12.5. The number of carbonyl (C=O) groups excluding carboxylic acids is 2. The summed E-state index contributed by atoms with van der Waals surface area (Å²) in [5.41, 5.74) is 1.77. The largest absolute Gasteiger partial charge is 0.493 e. The molecule has 0 aliphatic carbocycles. The summed E-state index contributed by atoms with van der Waals surface area (Å²) in [6, 6.07) is 10.3. The van der Waals surface area contributed by atoms with Crippen LogP contribution in [0.5, 0.6) is 11.5 Å². The highest BCUT2D eigenvalue weighted by Crippen LogP contribution is 2.37. The summed E-state index contributed by atoms with van der Waals surface area (Å²) >= 11 is 6.32. The Morgan fingerprint density at radius 1 is 1.16 bits per heavy atom. The van der Waals surface area contributed by atoms with Crippen molar-refractivity contribution in [2.45, 2.75) is 33.8 Å². The van der Waals surface area contributed by atoms with E-state index in [4.69, 9.17) is 21.1 Å². The van der Waals surface area contributed by atoms with E-state index in [9.17, 15) is 9.59 Å². The molecule has 0 unspecified atom stereocenters. The van der Waals surface area contributed by atoms with Crippen LogP contribution >= 0.6 is 11.6 Å². The molecule has 1 N–H and O–H groups in total. The standard InChI is InChI=1S/C24H29ClN2O4/c1-6-27(7-2)24(29)18-9-8-10-19(15-18)26-22(28)12-11-17-13-20(25)23(31-16(3)4)21(14-17)30-5/h8-16H,6-7H2,1-5H3,(H,26,28)/b12-11+. The summed E-state index contributed by atoms with van der Waals surface area (Å²) in [6.45, 7) is 8.92. The van der Waals surface area contributed by atoms with E-state index in [1.165, 1.54) is 13.2 Å². The summed E-state index contributed by atoms with van der Waals surface area (Å²) in [7, 11) is 1.53. The van der Waals surface area contributed by atoms with Crippen LogP contribution in [-0.4, -0.2) is 43.0 Å². The summed E-state index contributed by atoms with van der Waals surface area (Å²) in [6.07, 6.45) is 2.98. The highest BCUT2D eigenvalue weighted by molar-refractivity contribution is 6.32. The van der Waals surface area contributed by atoms with Gasteiger partial charge in [0.25, 0.3) is 5.91 Å². The molecule has 2 rings (SSSR count). The Labute approximate surface area is 188 Å². The second kappa shape index (κ2) is 11.4. The number of carbonyl (C=O) groups is 2. The minimum Gasteiger partial charge on any atom is -0.493 e. The van der Waals surface area contributed by atoms with Gasteiger partial charge in [0.2, 0.25) is 5.91 Å². The quantitative estimate of drug-likeness (QED) is 0.535. The van der Waals surface area contributed by atoms with Crippen LogP contribution in [0.4, 0.5) is 5.69 Å². The molecule has 0 saturated heterocycles. The van der Waals surface area contributed by atoms with Crippen molar-refractivity contribution < 1.29 is 19.1 Å². The zero-order chi connectivity index (χ0) is 23.0. The molecule has 0 heterocycles. The molecule has 2 aromatic carbocycles. The molecule has 0 atom stereocenters. The molecule has 0 aliphatic rings. The molecule has 2 aromatic rings. The van der Waals surface area contributed by atoms with Crippen LogP contribution in [0.15, 0.2) is 42.5 Å². The Morgan fingerprint density at radius 2 is 1.87 bits per heavy atom. The molecule has 0 aromatic heterocycles. The van der Waals surface area contributed by atoms with Gasteiger partial charge in [-0.1, -0.05) is 17.7 Å². The number of benzene rings is 2. The monoisotopic (exact) mass is 444 g/mol. The Kier molecular flexibility index (Phi) is 8.94. The number of nitrogens with one attached hydrogen (secondary N) is 1. The third kappa shape index (κ3) is 6.76. The van der Waals surface area contributed by atoms with Gasteiger partial charge >= 0.3 is 0 Å². The van der Waals surface area contributed by atoms with Crippen molar-refractivity contribution in [1.82, 2.24) is 4.90 Å². The third-order valence-corrected chi connectivity index (χ3v) is 4.74. The first kappa shape index (κ1) is 24.3. The van der Waals surface area contributed by atoms with Gasteiger partial charge in [0, 0.05) is 30.4 Å². The first-order valence-corrected chi connectivity index (χ1v) is 10.6. The van der Waals surface area contributed by atoms with Gasteiger partial charge in [-0.25, -0.2) is 0 Å². The average molecular weight is 445 g/mol. The highest BCUT2D eigenvalue weighted by atomic mass is 35.5. The molecule has 0 fully saturated rings. The van der Waals surface area contributed by atoms with Crippen LogP contribution in [0, 0.1) is 0 Å². The van der Waals surface area contributed by atoms with Crippen LogP contribution in [0.25, 0.3) is 6.08 Å². The maximum atomic E-state index is 12.5. The molecule has 2 amide bonds. The lowest BCUT2D eigenvalue weighted by Crippen LogP contribution is -2.30. The Hall–Kier alpha value is -2.99. The average Bonchev–Trinajstić information content (AvgIpc) is 2.74. The van der Waals surface area contributed by atoms with Crippen molar-refractivity contribution in [1.29, 1.82) is 0 Å². The smallest absolute Gasteiger partial charge is 0.253 e. The maximum Gasteiger partial charge on any atom is 0.253 e. The van der Waals surface area contributed by atoms with Crippen LogP contribution in [0.1, 0.15) is 43.6 Å². The molecule has 0 bridgehead atoms. The van der Waals surface area contributed by atoms with E-state index in [0.717, 1.165) is 0 Å². The van der Waals surface area contributed by atoms with Crippen molar-refractivity contribution in [2.24, 2.45) is 0 Å². The Morgan fingerprint density at radius 3 is 2.48 bits per heavy atom. The number of anilines is 1. The minimum absolute atomic E-state index is 0.0528. The van der Waals surface area contributed by atoms with Crippen molar-refractivity contribution in [3.05, 3.63) is 58.6 Å². The lowest BCUT2D eigenvalue weighted by Gasteiger charge is -2.18. The van der Waals surface area contributed by atoms with Crippen molar-refractivity contribution in [3.63, 3.8) is 0 Å². The van der Waals surface area contributed by atoms with Crippen molar-refractivity contribution in [3.8, 4) is 11.5 Å². The predicted molar refractivity (Wildman–Crippen MR) is 125 cm³/mol. The van der Waals surface area contributed by atoms with E-state index in [-0.39, 0.29) is 17.9 Å². The zero-order valence-electron chi connectivity index (χ0n) is 18.6. The molecular formula is C24H29ClN2O4. The van der Waals surface area contributed by atoms with Crippen LogP contribution < -0.4 is 14.8 Å². The van der Waals surface area contributed by atoms with E-state index < -0.39 is 0 Å². The Balaban J connectivity index is 2.13. The van der Waals surface area contributed by atoms with E-state index >= 15 is 0 Å². The molecule has 0 spiro atoms. The third-order valence-electron chi connectivity index (χ3n) is 4.46. The molecule has 0 saturated carbocycles. The van der Waals surface area contributed by atoms with Gasteiger partial charge in [0.1, 0.15) is 0 Å². The fraction of sp³-hybridized carbons (Fsp3) is 0.333. The van der Waals surface area contributed by atoms with Crippen LogP contribution in [0.2, 0.25) is 5.02 Å². The lowest BCUT2D eigenvalue weighted by atomic mass is 10.1. The fourth-order valence-electron chi connectivity index (χ4n) is 2.97. The van der Waals surface area contributed by atoms with E-state index in [0.29, 0.717) is 46.4 Å². The molecule has 6 nitrogen and oxygen atoms in total. The van der Waals surface area contributed by atoms with Gasteiger partial charge in [-0.15, -0.1) is 0 Å². The van der Waals surface area contributed by atoms with E-state index in [1.807, 2.05) is 27.7 Å². The van der Waals surface area contributed by atoms with E-state index in [2.05, 4.69) is 5.32 Å². The van der Waals surface area contributed by atoms with Crippen molar-refractivity contribution >= 4 is 35.2 Å². The number of ether oxygens (including phenoxy) is 2. The van der Waals surface area contributed by atoms with Gasteiger partial charge in [-0.2, -0.15) is 0 Å². The number of hydrogen-bond donors (Lipinski definition) is 1. The second-order valence-electron chi connectivity index (χ2n) is 7.08. The molecule has 7 heteroatoms. The SMILES string of the molecule is CCN(CC)C(=O)c1cccc(NC(=O)/C=C/c2cc(Cl)c(OC(C)C)c(OC)c2)c1. The summed E-state index contributed by atoms with van der Waals surface area (Å²) in [4.78, 5) is 26.6. The molecule has 0 aliphatic heterocycles. The van der Waals surface area contributed by atoms with Crippen LogP contribution in [0.3, 0.4) is 0 Å². The minimum atomic E-state index is -0.329. The normalized spacial score (nSPS) is 10.9. The molecular weight excluding hydrogens is 416 g/mol. The van der Waals surface area contributed by atoms with Gasteiger partial charge < -0.3 is 19.7 Å². The summed E-state index contributed by atoms with van der Waals surface area (Å²) < 4.78 is 11.1. The summed E-state index contributed by atoms with van der Waals surface area (Å²) in [5, 5.41) is 3.18. The number of hydrogen-bond acceptors (Lipinski definition) is 4. The number of halogens is 1. The molecule has 166 valence electrons. The van der Waals surface area contributed by atoms with Crippen molar-refractivity contribution in [2.75, 3.05) is 25.5 Å². The zero-order valence-corrected chi connectivity index (χ0v) is 19.3. The van der Waals surface area contributed by atoms with Crippen LogP contribution in [-0.2, 0) is 4.79 Å². The van der Waals surface area contributed by atoms with Gasteiger partial charge in [0.05, 0.1) is 18.2 Å². The first-order valence-electron chi connectivity index (χ1n) is 10.2. The predicted octanol–water partition coefficient (Wildman–Crippen LogP) is 5.27. The number of rotatable bonds is 9. The molecule has 31 heavy (non-hydrogen) atoms. The topological polar surface area (TPSA) is 67.9 Å². The first-order chi connectivity index (χ1) is 14.8. The van der Waals surface area contributed by atoms with Gasteiger partial charge in [-0.05, 0) is 69.7 Å².